The maximum Gasteiger partial charge on any atom is 0.434 e. The van der Waals surface area contributed by atoms with E-state index in [1.54, 1.807) is 6.20 Å². The molecular formula is C14H23N3O5. The molecule has 2 heterocycles. The number of aromatic nitrogens is 2. The Morgan fingerprint density at radius 1 is 1.45 bits per heavy atom. The fraction of sp³-hybridized carbons (Fsp3) is 0.786. The van der Waals surface area contributed by atoms with Crippen LogP contribution in [0.4, 0.5) is 5.95 Å². The first kappa shape index (κ1) is 16.9. The van der Waals surface area contributed by atoms with Crippen LogP contribution in [0.1, 0.15) is 27.2 Å². The summed E-state index contributed by atoms with van der Waals surface area (Å²) in [6, 6.07) is 0. The van der Waals surface area contributed by atoms with E-state index in [-0.39, 0.29) is 11.4 Å². The maximum absolute atomic E-state index is 10.9. The normalized spacial score (nSPS) is 20.0. The molecule has 22 heavy (non-hydrogen) atoms. The number of nitrogens with zero attached hydrogens (tertiary/aromatic N) is 3. The molecule has 0 saturated carbocycles. The first-order chi connectivity index (χ1) is 10.4. The van der Waals surface area contributed by atoms with Gasteiger partial charge in [-0.05, 0) is 32.1 Å². The number of ether oxygens (including phenoxy) is 3. The first-order valence-electron chi connectivity index (χ1n) is 7.39. The third kappa shape index (κ3) is 4.02. The smallest absolute Gasteiger partial charge is 0.390 e. The largest absolute Gasteiger partial charge is 0.434 e. The molecule has 1 aromatic rings. The van der Waals surface area contributed by atoms with Crippen LogP contribution in [0.3, 0.4) is 0 Å². The molecule has 0 aliphatic carbocycles. The summed E-state index contributed by atoms with van der Waals surface area (Å²) in [7, 11) is 0. The fourth-order valence-electron chi connectivity index (χ4n) is 2.36. The third-order valence-electron chi connectivity index (χ3n) is 3.80. The van der Waals surface area contributed by atoms with Gasteiger partial charge >= 0.3 is 5.95 Å². The van der Waals surface area contributed by atoms with Crippen LogP contribution in [0.15, 0.2) is 12.4 Å². The van der Waals surface area contributed by atoms with Crippen molar-refractivity contribution < 1.29 is 19.1 Å². The standard InChI is InChI=1S/C14H23N3O5/c1-4-20-9-14(10-21-13(2,3)22-11-14)5-7-16-8-6-15-12(16)17(18)19/h6,8H,4-5,7,9-11H2,1-3H3. The highest BCUT2D eigenvalue weighted by Crippen LogP contribution is 2.34. The van der Waals surface area contributed by atoms with E-state index in [9.17, 15) is 10.1 Å². The van der Waals surface area contributed by atoms with Gasteiger partial charge < -0.3 is 24.3 Å². The van der Waals surface area contributed by atoms with Crippen LogP contribution in [-0.4, -0.2) is 46.7 Å². The number of rotatable bonds is 7. The number of aryl methyl sites for hydroxylation is 1. The second kappa shape index (κ2) is 6.72. The van der Waals surface area contributed by atoms with E-state index >= 15 is 0 Å². The van der Waals surface area contributed by atoms with Gasteiger partial charge in [0.25, 0.3) is 0 Å². The van der Waals surface area contributed by atoms with Crippen molar-refractivity contribution in [1.82, 2.24) is 9.55 Å². The molecule has 1 aromatic heterocycles. The molecule has 0 N–H and O–H groups in total. The SMILES string of the molecule is CCOCC1(CCn2ccnc2[N+](=O)[O-])COC(C)(C)OC1. The zero-order valence-corrected chi connectivity index (χ0v) is 13.3. The van der Waals surface area contributed by atoms with Crippen LogP contribution in [0.5, 0.6) is 0 Å². The van der Waals surface area contributed by atoms with Crippen LogP contribution in [0, 0.1) is 15.5 Å². The lowest BCUT2D eigenvalue weighted by molar-refractivity contribution is -0.396. The Kier molecular flexibility index (Phi) is 5.15. The molecule has 0 unspecified atom stereocenters. The zero-order chi connectivity index (χ0) is 16.2. The summed E-state index contributed by atoms with van der Waals surface area (Å²) in [5.41, 5.74) is -0.302. The average Bonchev–Trinajstić information content (AvgIpc) is 2.94. The van der Waals surface area contributed by atoms with Crippen LogP contribution in [0.25, 0.3) is 0 Å². The van der Waals surface area contributed by atoms with Crippen LogP contribution < -0.4 is 0 Å². The Hall–Kier alpha value is -1.51. The Labute approximate surface area is 129 Å². The summed E-state index contributed by atoms with van der Waals surface area (Å²) in [6.45, 7) is 8.26. The third-order valence-corrected chi connectivity index (χ3v) is 3.80. The number of nitro groups is 1. The highest BCUT2D eigenvalue weighted by atomic mass is 16.7. The Balaban J connectivity index is 2.04. The lowest BCUT2D eigenvalue weighted by Crippen LogP contribution is -2.49. The molecule has 1 aliphatic heterocycles. The Bertz CT molecular complexity index is 504. The zero-order valence-electron chi connectivity index (χ0n) is 13.3. The summed E-state index contributed by atoms with van der Waals surface area (Å²) in [6.07, 6.45) is 3.70. The van der Waals surface area contributed by atoms with Crippen molar-refractivity contribution in [2.75, 3.05) is 26.4 Å². The molecule has 2 rings (SSSR count). The minimum absolute atomic E-state index is 0.149. The lowest BCUT2D eigenvalue weighted by atomic mass is 9.86. The van der Waals surface area contributed by atoms with Crippen molar-refractivity contribution in [3.8, 4) is 0 Å². The van der Waals surface area contributed by atoms with Gasteiger partial charge in [-0.15, -0.1) is 0 Å². The predicted octanol–water partition coefficient (Wildman–Crippen LogP) is 1.99. The lowest BCUT2D eigenvalue weighted by Gasteiger charge is -2.43. The average molecular weight is 313 g/mol. The minimum Gasteiger partial charge on any atom is -0.390 e. The van der Waals surface area contributed by atoms with Crippen molar-refractivity contribution in [2.45, 2.75) is 39.5 Å². The van der Waals surface area contributed by atoms with Gasteiger partial charge in [0.15, 0.2) is 5.79 Å². The molecule has 1 saturated heterocycles. The molecule has 0 atom stereocenters. The van der Waals surface area contributed by atoms with Gasteiger partial charge in [0.2, 0.25) is 0 Å². The number of hydrogen-bond acceptors (Lipinski definition) is 6. The molecule has 1 aliphatic rings. The van der Waals surface area contributed by atoms with Gasteiger partial charge in [0.05, 0.1) is 26.4 Å². The van der Waals surface area contributed by atoms with Crippen molar-refractivity contribution >= 4 is 5.95 Å². The molecule has 8 nitrogen and oxygen atoms in total. The van der Waals surface area contributed by atoms with Gasteiger partial charge in [-0.1, -0.05) is 4.98 Å². The quantitative estimate of drug-likeness (QED) is 0.565. The van der Waals surface area contributed by atoms with Crippen LogP contribution in [0.2, 0.25) is 0 Å². The van der Waals surface area contributed by atoms with Gasteiger partial charge in [-0.2, -0.15) is 0 Å². The Morgan fingerprint density at radius 2 is 2.14 bits per heavy atom. The van der Waals surface area contributed by atoms with E-state index in [0.29, 0.717) is 39.4 Å². The van der Waals surface area contributed by atoms with E-state index in [0.717, 1.165) is 0 Å². The monoisotopic (exact) mass is 313 g/mol. The molecule has 0 aromatic carbocycles. The fourth-order valence-corrected chi connectivity index (χ4v) is 2.36. The van der Waals surface area contributed by atoms with E-state index in [4.69, 9.17) is 14.2 Å². The molecule has 124 valence electrons. The van der Waals surface area contributed by atoms with Gasteiger partial charge in [0.1, 0.15) is 12.4 Å². The van der Waals surface area contributed by atoms with Crippen molar-refractivity contribution in [3.05, 3.63) is 22.5 Å². The van der Waals surface area contributed by atoms with Crippen molar-refractivity contribution in [2.24, 2.45) is 5.41 Å². The summed E-state index contributed by atoms with van der Waals surface area (Å²) >= 11 is 0. The molecule has 0 bridgehead atoms. The Morgan fingerprint density at radius 3 is 2.73 bits per heavy atom. The van der Waals surface area contributed by atoms with E-state index in [1.807, 2.05) is 20.8 Å². The van der Waals surface area contributed by atoms with Gasteiger partial charge in [0, 0.05) is 12.0 Å². The van der Waals surface area contributed by atoms with E-state index in [2.05, 4.69) is 4.98 Å². The second-order valence-corrected chi connectivity index (χ2v) is 6.04. The first-order valence-corrected chi connectivity index (χ1v) is 7.39. The highest BCUT2D eigenvalue weighted by Gasteiger charge is 2.40. The molecule has 0 radical (unpaired) electrons. The van der Waals surface area contributed by atoms with Gasteiger partial charge in [-0.3, -0.25) is 0 Å². The molecule has 8 heteroatoms. The van der Waals surface area contributed by atoms with Gasteiger partial charge in [-0.25, -0.2) is 4.57 Å². The topological polar surface area (TPSA) is 88.7 Å². The summed E-state index contributed by atoms with van der Waals surface area (Å²) in [4.78, 5) is 14.2. The van der Waals surface area contributed by atoms with E-state index < -0.39 is 10.7 Å². The predicted molar refractivity (Wildman–Crippen MR) is 78.4 cm³/mol. The van der Waals surface area contributed by atoms with Crippen LogP contribution >= 0.6 is 0 Å². The summed E-state index contributed by atoms with van der Waals surface area (Å²) in [5.74, 6) is -0.749. The number of hydrogen-bond donors (Lipinski definition) is 0. The molecule has 0 amide bonds. The highest BCUT2D eigenvalue weighted by molar-refractivity contribution is 5.06. The van der Waals surface area contributed by atoms with Crippen molar-refractivity contribution in [3.63, 3.8) is 0 Å². The maximum atomic E-state index is 10.9. The molecule has 1 fully saturated rings. The molecular weight excluding hydrogens is 290 g/mol. The minimum atomic E-state index is -0.600. The second-order valence-electron chi connectivity index (χ2n) is 6.04. The van der Waals surface area contributed by atoms with Crippen molar-refractivity contribution in [1.29, 1.82) is 0 Å². The summed E-state index contributed by atoms with van der Waals surface area (Å²) < 4.78 is 18.6. The number of imidazole rings is 1. The van der Waals surface area contributed by atoms with Crippen LogP contribution in [-0.2, 0) is 20.8 Å². The summed E-state index contributed by atoms with van der Waals surface area (Å²) in [5, 5.41) is 10.9. The van der Waals surface area contributed by atoms with E-state index in [1.165, 1.54) is 10.8 Å². The molecule has 0 spiro atoms.